The van der Waals surface area contributed by atoms with Gasteiger partial charge in [0.15, 0.2) is 0 Å². The maximum atomic E-state index is 13.8. The first-order valence-corrected chi connectivity index (χ1v) is 14.0. The van der Waals surface area contributed by atoms with Crippen molar-refractivity contribution in [1.82, 2.24) is 10.2 Å². The van der Waals surface area contributed by atoms with E-state index in [0.29, 0.717) is 17.1 Å². The van der Waals surface area contributed by atoms with E-state index in [1.807, 2.05) is 0 Å². The average molecular weight is 583 g/mol. The summed E-state index contributed by atoms with van der Waals surface area (Å²) in [5, 5.41) is 3.57. The highest BCUT2D eigenvalue weighted by Gasteiger charge is 2.33. The van der Waals surface area contributed by atoms with Crippen molar-refractivity contribution < 1.29 is 18.0 Å². The summed E-state index contributed by atoms with van der Waals surface area (Å²) >= 11 is 18.5. The van der Waals surface area contributed by atoms with Crippen LogP contribution in [0.4, 0.5) is 5.69 Å². The number of likely N-dealkylation sites (N-methyl/N-ethyl adjacent to an activating group) is 1. The maximum Gasteiger partial charge on any atom is 0.264 e. The fraction of sp³-hybridized carbons (Fsp3) is 0.231. The Bertz CT molecular complexity index is 1350. The second-order valence-electron chi connectivity index (χ2n) is 8.14. The summed E-state index contributed by atoms with van der Waals surface area (Å²) in [5.74, 6) is -0.979. The number of anilines is 1. The molecule has 1 N–H and O–H groups in total. The number of halogens is 3. The van der Waals surface area contributed by atoms with Gasteiger partial charge in [0, 0.05) is 23.1 Å². The minimum atomic E-state index is -4.23. The van der Waals surface area contributed by atoms with Gasteiger partial charge in [-0.3, -0.25) is 13.9 Å². The van der Waals surface area contributed by atoms with Crippen LogP contribution in [-0.4, -0.2) is 44.3 Å². The number of amides is 2. The number of carbonyl (C=O) groups excluding carboxylic acids is 2. The summed E-state index contributed by atoms with van der Waals surface area (Å²) in [4.78, 5) is 27.8. The summed E-state index contributed by atoms with van der Waals surface area (Å²) in [6.07, 6.45) is 0. The molecule has 3 aromatic carbocycles. The summed E-state index contributed by atoms with van der Waals surface area (Å²) in [7, 11) is -4.23. The molecule has 3 rings (SSSR count). The average Bonchev–Trinajstić information content (AvgIpc) is 2.88. The van der Waals surface area contributed by atoms with Gasteiger partial charge in [-0.05, 0) is 61.9 Å². The predicted octanol–water partition coefficient (Wildman–Crippen LogP) is 5.40. The van der Waals surface area contributed by atoms with E-state index in [1.165, 1.54) is 35.2 Å². The normalized spacial score (nSPS) is 12.0. The molecule has 1 atom stereocenters. The van der Waals surface area contributed by atoms with Gasteiger partial charge < -0.3 is 10.2 Å². The number of sulfonamides is 1. The minimum absolute atomic E-state index is 0.0279. The van der Waals surface area contributed by atoms with Gasteiger partial charge in [0.25, 0.3) is 10.0 Å². The van der Waals surface area contributed by atoms with Crippen molar-refractivity contribution in [2.24, 2.45) is 0 Å². The Kier molecular flexibility index (Phi) is 9.84. The summed E-state index contributed by atoms with van der Waals surface area (Å²) in [6, 6.07) is 18.0. The molecule has 7 nitrogen and oxygen atoms in total. The van der Waals surface area contributed by atoms with Crippen molar-refractivity contribution in [2.45, 2.75) is 31.3 Å². The molecule has 0 fully saturated rings. The standard InChI is InChI=1S/C26H26Cl3N3O4S/c1-3-30-26(34)18(2)31(16-19-9-11-20(27)12-10-19)25(33)17-32(24-15-21(28)13-14-23(24)29)37(35,36)22-7-5-4-6-8-22/h4-15,18H,3,16-17H2,1-2H3,(H,30,34)/t18-/m1/s1. The Hall–Kier alpha value is -2.78. The van der Waals surface area contributed by atoms with Gasteiger partial charge in [-0.2, -0.15) is 0 Å². The fourth-order valence-corrected chi connectivity index (χ4v) is 5.61. The van der Waals surface area contributed by atoms with Crippen molar-refractivity contribution in [1.29, 1.82) is 0 Å². The van der Waals surface area contributed by atoms with Gasteiger partial charge in [0.05, 0.1) is 15.6 Å². The van der Waals surface area contributed by atoms with Crippen LogP contribution in [0, 0.1) is 0 Å². The van der Waals surface area contributed by atoms with E-state index < -0.39 is 28.5 Å². The van der Waals surface area contributed by atoms with Crippen LogP contribution < -0.4 is 9.62 Å². The van der Waals surface area contributed by atoms with Crippen molar-refractivity contribution in [3.8, 4) is 0 Å². The predicted molar refractivity (Wildman–Crippen MR) is 148 cm³/mol. The van der Waals surface area contributed by atoms with E-state index >= 15 is 0 Å². The molecule has 11 heteroatoms. The molecule has 0 bridgehead atoms. The molecular formula is C26H26Cl3N3O4S. The third kappa shape index (κ3) is 7.17. The second kappa shape index (κ2) is 12.6. The third-order valence-electron chi connectivity index (χ3n) is 5.57. The molecule has 37 heavy (non-hydrogen) atoms. The van der Waals surface area contributed by atoms with Crippen molar-refractivity contribution in [2.75, 3.05) is 17.4 Å². The Morgan fingerprint density at radius 2 is 1.54 bits per heavy atom. The van der Waals surface area contributed by atoms with E-state index in [9.17, 15) is 18.0 Å². The molecular weight excluding hydrogens is 557 g/mol. The van der Waals surface area contributed by atoms with Crippen LogP contribution in [-0.2, 0) is 26.2 Å². The zero-order valence-corrected chi connectivity index (χ0v) is 23.3. The van der Waals surface area contributed by atoms with Gasteiger partial charge >= 0.3 is 0 Å². The molecule has 0 spiro atoms. The lowest BCUT2D eigenvalue weighted by Crippen LogP contribution is -2.51. The molecule has 0 unspecified atom stereocenters. The molecule has 0 aliphatic heterocycles. The van der Waals surface area contributed by atoms with Crippen LogP contribution in [0.3, 0.4) is 0 Å². The van der Waals surface area contributed by atoms with E-state index in [4.69, 9.17) is 34.8 Å². The molecule has 0 saturated carbocycles. The van der Waals surface area contributed by atoms with Crippen LogP contribution in [0.25, 0.3) is 0 Å². The molecule has 0 saturated heterocycles. The van der Waals surface area contributed by atoms with Gasteiger partial charge in [0.1, 0.15) is 12.6 Å². The zero-order valence-electron chi connectivity index (χ0n) is 20.2. The number of rotatable bonds is 10. The molecule has 0 heterocycles. The number of hydrogen-bond acceptors (Lipinski definition) is 4. The third-order valence-corrected chi connectivity index (χ3v) is 8.15. The highest BCUT2D eigenvalue weighted by atomic mass is 35.5. The highest BCUT2D eigenvalue weighted by molar-refractivity contribution is 7.92. The maximum absolute atomic E-state index is 13.8. The summed E-state index contributed by atoms with van der Waals surface area (Å²) in [5.41, 5.74) is 0.760. The SMILES string of the molecule is CCNC(=O)[C@@H](C)N(Cc1ccc(Cl)cc1)C(=O)CN(c1cc(Cl)ccc1Cl)S(=O)(=O)c1ccccc1. The van der Waals surface area contributed by atoms with Crippen molar-refractivity contribution in [3.05, 3.63) is 93.4 Å². The van der Waals surface area contributed by atoms with Gasteiger partial charge in [-0.1, -0.05) is 65.1 Å². The van der Waals surface area contributed by atoms with E-state index in [0.717, 1.165) is 4.31 Å². The van der Waals surface area contributed by atoms with Crippen LogP contribution in [0.2, 0.25) is 15.1 Å². The first-order chi connectivity index (χ1) is 17.5. The van der Waals surface area contributed by atoms with Crippen LogP contribution in [0.1, 0.15) is 19.4 Å². The Labute approximate surface area is 232 Å². The molecule has 0 aromatic heterocycles. The lowest BCUT2D eigenvalue weighted by atomic mass is 10.1. The molecule has 196 valence electrons. The van der Waals surface area contributed by atoms with Crippen molar-refractivity contribution in [3.63, 3.8) is 0 Å². The lowest BCUT2D eigenvalue weighted by molar-refractivity contribution is -0.139. The molecule has 3 aromatic rings. The Morgan fingerprint density at radius 1 is 0.919 bits per heavy atom. The van der Waals surface area contributed by atoms with E-state index in [-0.39, 0.29) is 33.1 Å². The smallest absolute Gasteiger partial charge is 0.264 e. The quantitative estimate of drug-likeness (QED) is 0.347. The summed E-state index contributed by atoms with van der Waals surface area (Å²) in [6.45, 7) is 3.16. The number of hydrogen-bond donors (Lipinski definition) is 1. The fourth-order valence-electron chi connectivity index (χ4n) is 3.60. The summed E-state index contributed by atoms with van der Waals surface area (Å²) < 4.78 is 28.3. The second-order valence-corrected chi connectivity index (χ2v) is 11.3. The van der Waals surface area contributed by atoms with Gasteiger partial charge in [0.2, 0.25) is 11.8 Å². The first-order valence-electron chi connectivity index (χ1n) is 11.4. The molecule has 2 amide bonds. The topological polar surface area (TPSA) is 86.8 Å². The minimum Gasteiger partial charge on any atom is -0.355 e. The molecule has 0 aliphatic rings. The van der Waals surface area contributed by atoms with Gasteiger partial charge in [-0.15, -0.1) is 0 Å². The van der Waals surface area contributed by atoms with Crippen LogP contribution >= 0.6 is 34.8 Å². The number of benzene rings is 3. The molecule has 0 aliphatic carbocycles. The monoisotopic (exact) mass is 581 g/mol. The van der Waals surface area contributed by atoms with E-state index in [2.05, 4.69) is 5.32 Å². The lowest BCUT2D eigenvalue weighted by Gasteiger charge is -2.32. The Morgan fingerprint density at radius 3 is 2.16 bits per heavy atom. The van der Waals surface area contributed by atoms with Crippen LogP contribution in [0.15, 0.2) is 77.7 Å². The largest absolute Gasteiger partial charge is 0.355 e. The molecule has 0 radical (unpaired) electrons. The number of carbonyl (C=O) groups is 2. The highest BCUT2D eigenvalue weighted by Crippen LogP contribution is 2.33. The van der Waals surface area contributed by atoms with E-state index in [1.54, 1.807) is 56.3 Å². The number of nitrogens with zero attached hydrogens (tertiary/aromatic N) is 2. The van der Waals surface area contributed by atoms with Crippen LogP contribution in [0.5, 0.6) is 0 Å². The number of nitrogens with one attached hydrogen (secondary N) is 1. The van der Waals surface area contributed by atoms with Gasteiger partial charge in [-0.25, -0.2) is 8.42 Å². The zero-order chi connectivity index (χ0) is 27.2. The van der Waals surface area contributed by atoms with Crippen molar-refractivity contribution >= 4 is 62.3 Å². The first kappa shape index (κ1) is 28.8. The Balaban J connectivity index is 2.05.